The topological polar surface area (TPSA) is 59.1 Å². The molecule has 0 aliphatic carbocycles. The highest BCUT2D eigenvalue weighted by molar-refractivity contribution is 5.75. The highest BCUT2D eigenvalue weighted by Crippen LogP contribution is 2.20. The van der Waals surface area contributed by atoms with Gasteiger partial charge < -0.3 is 14.4 Å². The Bertz CT molecular complexity index is 282. The molecule has 1 rings (SSSR count). The first-order valence-corrected chi connectivity index (χ1v) is 5.30. The van der Waals surface area contributed by atoms with Gasteiger partial charge >= 0.3 is 12.2 Å². The van der Waals surface area contributed by atoms with E-state index in [0.29, 0.717) is 6.42 Å². The summed E-state index contributed by atoms with van der Waals surface area (Å²) in [6.45, 7) is 3.87. The number of ether oxygens (including phenoxy) is 2. The lowest BCUT2D eigenvalue weighted by Gasteiger charge is -2.40. The molecule has 0 aromatic heterocycles. The lowest BCUT2D eigenvalue weighted by Crippen LogP contribution is -2.56. The normalized spacial score (nSPS) is 25.6. The second-order valence-electron chi connectivity index (χ2n) is 3.84. The first-order chi connectivity index (χ1) is 7.47. The Morgan fingerprint density at radius 3 is 2.62 bits per heavy atom. The molecule has 16 heavy (non-hydrogen) atoms. The van der Waals surface area contributed by atoms with E-state index in [4.69, 9.17) is 4.74 Å². The average Bonchev–Trinajstić information content (AvgIpc) is 2.23. The molecule has 0 aromatic carbocycles. The molecule has 6 heteroatoms. The second-order valence-corrected chi connectivity index (χ2v) is 3.84. The van der Waals surface area contributed by atoms with Crippen LogP contribution < -0.4 is 0 Å². The molecule has 1 heterocycles. The summed E-state index contributed by atoms with van der Waals surface area (Å²) in [5, 5.41) is 0. The van der Waals surface area contributed by atoms with Crippen LogP contribution in [0.2, 0.25) is 0 Å². The van der Waals surface area contributed by atoms with Gasteiger partial charge in [0.05, 0.1) is 6.61 Å². The Labute approximate surface area is 95.1 Å². The SMILES string of the molecule is CCOC(=O)OC1CC(C)N(C)C(=O)N1C. The third kappa shape index (κ3) is 2.56. The summed E-state index contributed by atoms with van der Waals surface area (Å²) < 4.78 is 9.73. The van der Waals surface area contributed by atoms with Crippen LogP contribution in [-0.2, 0) is 9.47 Å². The smallest absolute Gasteiger partial charge is 0.435 e. The molecule has 2 unspecified atom stereocenters. The summed E-state index contributed by atoms with van der Waals surface area (Å²) in [6.07, 6.45) is -0.695. The van der Waals surface area contributed by atoms with Gasteiger partial charge in [-0.15, -0.1) is 0 Å². The van der Waals surface area contributed by atoms with Crippen molar-refractivity contribution >= 4 is 12.2 Å². The Morgan fingerprint density at radius 2 is 2.06 bits per heavy atom. The monoisotopic (exact) mass is 230 g/mol. The number of carbonyl (C=O) groups is 2. The zero-order chi connectivity index (χ0) is 12.3. The molecule has 1 aliphatic rings. The van der Waals surface area contributed by atoms with E-state index >= 15 is 0 Å². The largest absolute Gasteiger partial charge is 0.510 e. The van der Waals surface area contributed by atoms with E-state index in [1.807, 2.05) is 6.92 Å². The van der Waals surface area contributed by atoms with Gasteiger partial charge in [0.1, 0.15) is 0 Å². The lowest BCUT2D eigenvalue weighted by molar-refractivity contribution is -0.0539. The Morgan fingerprint density at radius 1 is 1.44 bits per heavy atom. The molecule has 1 fully saturated rings. The van der Waals surface area contributed by atoms with Crippen molar-refractivity contribution in [1.29, 1.82) is 0 Å². The molecule has 0 bridgehead atoms. The number of nitrogens with zero attached hydrogens (tertiary/aromatic N) is 2. The van der Waals surface area contributed by atoms with Gasteiger partial charge in [0.2, 0.25) is 0 Å². The minimum atomic E-state index is -0.732. The quantitative estimate of drug-likeness (QED) is 0.670. The summed E-state index contributed by atoms with van der Waals surface area (Å²) in [5.74, 6) is 0. The molecular formula is C10H18N2O4. The summed E-state index contributed by atoms with van der Waals surface area (Å²) in [4.78, 5) is 25.9. The maximum atomic E-state index is 11.7. The molecule has 92 valence electrons. The van der Waals surface area contributed by atoms with E-state index in [2.05, 4.69) is 4.74 Å². The van der Waals surface area contributed by atoms with Crippen LogP contribution in [0.25, 0.3) is 0 Å². The van der Waals surface area contributed by atoms with E-state index < -0.39 is 12.4 Å². The average molecular weight is 230 g/mol. The number of urea groups is 1. The van der Waals surface area contributed by atoms with Crippen LogP contribution in [0.15, 0.2) is 0 Å². The maximum absolute atomic E-state index is 11.7. The highest BCUT2D eigenvalue weighted by Gasteiger charge is 2.35. The predicted molar refractivity (Wildman–Crippen MR) is 56.9 cm³/mol. The van der Waals surface area contributed by atoms with E-state index in [1.54, 1.807) is 25.9 Å². The van der Waals surface area contributed by atoms with Crippen LogP contribution in [0.4, 0.5) is 9.59 Å². The summed E-state index contributed by atoms with van der Waals surface area (Å²) in [6, 6.07) is -0.115. The molecule has 0 saturated carbocycles. The first kappa shape index (κ1) is 12.6. The van der Waals surface area contributed by atoms with Gasteiger partial charge in [-0.1, -0.05) is 0 Å². The summed E-state index contributed by atoms with van der Waals surface area (Å²) >= 11 is 0. The summed E-state index contributed by atoms with van der Waals surface area (Å²) in [7, 11) is 3.33. The number of carbonyl (C=O) groups excluding carboxylic acids is 2. The first-order valence-electron chi connectivity index (χ1n) is 5.30. The molecule has 2 atom stereocenters. The molecule has 2 amide bonds. The van der Waals surface area contributed by atoms with E-state index in [1.165, 1.54) is 4.90 Å². The number of hydrogen-bond acceptors (Lipinski definition) is 4. The van der Waals surface area contributed by atoms with Crippen molar-refractivity contribution < 1.29 is 19.1 Å². The predicted octanol–water partition coefficient (Wildman–Crippen LogP) is 1.26. The number of rotatable bonds is 2. The molecule has 0 aromatic rings. The number of amides is 2. The van der Waals surface area contributed by atoms with Crippen LogP contribution in [0, 0.1) is 0 Å². The molecule has 0 spiro atoms. The standard InChI is InChI=1S/C10H18N2O4/c1-5-15-10(14)16-8-6-7(2)11(3)9(13)12(8)4/h7-8H,5-6H2,1-4H3. The van der Waals surface area contributed by atoms with Crippen LogP contribution in [0.5, 0.6) is 0 Å². The zero-order valence-corrected chi connectivity index (χ0v) is 10.1. The zero-order valence-electron chi connectivity index (χ0n) is 10.1. The lowest BCUT2D eigenvalue weighted by atomic mass is 10.1. The fraction of sp³-hybridized carbons (Fsp3) is 0.800. The molecular weight excluding hydrogens is 212 g/mol. The molecule has 0 N–H and O–H groups in total. The third-order valence-corrected chi connectivity index (χ3v) is 2.73. The Balaban J connectivity index is 2.60. The van der Waals surface area contributed by atoms with Crippen LogP contribution in [0.1, 0.15) is 20.3 Å². The van der Waals surface area contributed by atoms with Crippen molar-refractivity contribution in [3.8, 4) is 0 Å². The van der Waals surface area contributed by atoms with Gasteiger partial charge in [-0.05, 0) is 13.8 Å². The Kier molecular flexibility index (Phi) is 3.98. The fourth-order valence-electron chi connectivity index (χ4n) is 1.56. The van der Waals surface area contributed by atoms with Crippen molar-refractivity contribution in [3.63, 3.8) is 0 Å². The van der Waals surface area contributed by atoms with E-state index in [0.717, 1.165) is 0 Å². The molecule has 0 radical (unpaired) electrons. The molecule has 1 saturated heterocycles. The van der Waals surface area contributed by atoms with Gasteiger partial charge in [0, 0.05) is 26.6 Å². The second kappa shape index (κ2) is 5.05. The minimum absolute atomic E-state index is 0.0446. The van der Waals surface area contributed by atoms with Gasteiger partial charge in [-0.25, -0.2) is 9.59 Å². The van der Waals surface area contributed by atoms with Crippen LogP contribution >= 0.6 is 0 Å². The maximum Gasteiger partial charge on any atom is 0.510 e. The van der Waals surface area contributed by atoms with Crippen molar-refractivity contribution in [2.75, 3.05) is 20.7 Å². The fourth-order valence-corrected chi connectivity index (χ4v) is 1.56. The van der Waals surface area contributed by atoms with Gasteiger partial charge in [-0.3, -0.25) is 4.90 Å². The third-order valence-electron chi connectivity index (χ3n) is 2.73. The van der Waals surface area contributed by atoms with Crippen molar-refractivity contribution in [2.45, 2.75) is 32.5 Å². The molecule has 1 aliphatic heterocycles. The number of hydrogen-bond donors (Lipinski definition) is 0. The van der Waals surface area contributed by atoms with Crippen molar-refractivity contribution in [3.05, 3.63) is 0 Å². The van der Waals surface area contributed by atoms with E-state index in [-0.39, 0.29) is 18.7 Å². The van der Waals surface area contributed by atoms with Gasteiger partial charge in [0.25, 0.3) is 0 Å². The molecule has 6 nitrogen and oxygen atoms in total. The summed E-state index contributed by atoms with van der Waals surface area (Å²) in [5.41, 5.74) is 0. The van der Waals surface area contributed by atoms with Gasteiger partial charge in [-0.2, -0.15) is 0 Å². The van der Waals surface area contributed by atoms with Crippen LogP contribution in [-0.4, -0.2) is 55.0 Å². The highest BCUT2D eigenvalue weighted by atomic mass is 16.7. The van der Waals surface area contributed by atoms with Crippen molar-refractivity contribution in [1.82, 2.24) is 9.80 Å². The van der Waals surface area contributed by atoms with E-state index in [9.17, 15) is 9.59 Å². The van der Waals surface area contributed by atoms with Crippen molar-refractivity contribution in [2.24, 2.45) is 0 Å². The Hall–Kier alpha value is -1.46. The van der Waals surface area contributed by atoms with Gasteiger partial charge in [0.15, 0.2) is 6.23 Å². The van der Waals surface area contributed by atoms with Crippen LogP contribution in [0.3, 0.4) is 0 Å². The minimum Gasteiger partial charge on any atom is -0.435 e.